The van der Waals surface area contributed by atoms with Crippen molar-refractivity contribution in [3.05, 3.63) is 33.8 Å². The Morgan fingerprint density at radius 3 is 2.47 bits per heavy atom. The van der Waals surface area contributed by atoms with Gasteiger partial charge in [0.15, 0.2) is 23.3 Å². The molecule has 0 fully saturated rings. The van der Waals surface area contributed by atoms with Crippen molar-refractivity contribution in [2.75, 3.05) is 17.2 Å². The molecule has 0 aromatic carbocycles. The lowest BCUT2D eigenvalue weighted by atomic mass is 10.4. The van der Waals surface area contributed by atoms with Crippen LogP contribution in [0.1, 0.15) is 16.8 Å². The molecule has 0 saturated heterocycles. The minimum absolute atomic E-state index is 0.0187. The maximum atomic E-state index is 13.6. The van der Waals surface area contributed by atoms with E-state index in [1.54, 1.807) is 6.20 Å². The average molecular weight is 284 g/mol. The fraction of sp³-hybridized carbons (Fsp3) is 0.333. The Labute approximate surface area is 113 Å². The van der Waals surface area contributed by atoms with Crippen LogP contribution in [0.25, 0.3) is 0 Å². The van der Waals surface area contributed by atoms with Gasteiger partial charge in [-0.25, -0.2) is 18.7 Å². The molecular weight excluding hydrogens is 270 g/mol. The molecule has 0 radical (unpaired) electrons. The summed E-state index contributed by atoms with van der Waals surface area (Å²) in [5, 5.41) is 6.39. The third kappa shape index (κ3) is 3.37. The Hall–Kier alpha value is -1.76. The first kappa shape index (κ1) is 13.7. The van der Waals surface area contributed by atoms with Crippen molar-refractivity contribution < 1.29 is 8.78 Å². The summed E-state index contributed by atoms with van der Waals surface area (Å²) in [4.78, 5) is 9.12. The van der Waals surface area contributed by atoms with Crippen LogP contribution in [0.2, 0.25) is 0 Å². The largest absolute Gasteiger partial charge is 0.368 e. The van der Waals surface area contributed by atoms with Crippen LogP contribution in [0.15, 0.2) is 12.3 Å². The molecule has 0 unspecified atom stereocenters. The number of halogens is 2. The van der Waals surface area contributed by atoms with E-state index in [4.69, 9.17) is 0 Å². The smallest absolute Gasteiger partial charge is 0.168 e. The Morgan fingerprint density at radius 1 is 1.21 bits per heavy atom. The van der Waals surface area contributed by atoms with Crippen molar-refractivity contribution in [1.82, 2.24) is 9.97 Å². The van der Waals surface area contributed by atoms with Gasteiger partial charge < -0.3 is 10.6 Å². The predicted molar refractivity (Wildman–Crippen MR) is 72.5 cm³/mol. The molecule has 0 amide bonds. The van der Waals surface area contributed by atoms with E-state index in [9.17, 15) is 8.78 Å². The summed E-state index contributed by atoms with van der Waals surface area (Å²) in [5.41, 5.74) is 0. The number of hydrogen-bond acceptors (Lipinski definition) is 5. The Kier molecular flexibility index (Phi) is 4.26. The molecule has 0 saturated carbocycles. The number of hydrogen-bond donors (Lipinski definition) is 2. The monoisotopic (exact) mass is 284 g/mol. The first-order valence-corrected chi connectivity index (χ1v) is 6.67. The van der Waals surface area contributed by atoms with Gasteiger partial charge in [0.2, 0.25) is 0 Å². The Bertz CT molecular complexity index is 571. The van der Waals surface area contributed by atoms with Crippen molar-refractivity contribution in [2.24, 2.45) is 0 Å². The Balaban J connectivity index is 2.13. The highest BCUT2D eigenvalue weighted by Crippen LogP contribution is 2.20. The van der Waals surface area contributed by atoms with Crippen molar-refractivity contribution in [3.8, 4) is 0 Å². The number of nitrogens with zero attached hydrogens (tertiary/aromatic N) is 2. The summed E-state index contributed by atoms with van der Waals surface area (Å²) < 4.78 is 26.9. The van der Waals surface area contributed by atoms with Gasteiger partial charge in [0.05, 0.1) is 6.54 Å². The van der Waals surface area contributed by atoms with Gasteiger partial charge in [-0.3, -0.25) is 0 Å². The first-order chi connectivity index (χ1) is 9.10. The summed E-state index contributed by atoms with van der Waals surface area (Å²) >= 11 is 1.52. The van der Waals surface area contributed by atoms with Crippen LogP contribution >= 0.6 is 11.3 Å². The molecule has 2 aromatic heterocycles. The van der Waals surface area contributed by atoms with Gasteiger partial charge >= 0.3 is 0 Å². The van der Waals surface area contributed by atoms with E-state index in [2.05, 4.69) is 20.6 Å². The molecule has 4 nitrogen and oxygen atoms in total. The first-order valence-electron chi connectivity index (χ1n) is 5.85. The third-order valence-electron chi connectivity index (χ3n) is 2.35. The number of thiazole rings is 1. The fourth-order valence-electron chi connectivity index (χ4n) is 1.52. The van der Waals surface area contributed by atoms with Gasteiger partial charge in [-0.15, -0.1) is 11.3 Å². The summed E-state index contributed by atoms with van der Waals surface area (Å²) in [5.74, 6) is -1.35. The van der Waals surface area contributed by atoms with E-state index in [1.807, 2.05) is 13.8 Å². The van der Waals surface area contributed by atoms with Crippen molar-refractivity contribution >= 4 is 23.0 Å². The van der Waals surface area contributed by atoms with E-state index in [0.29, 0.717) is 13.1 Å². The number of aryl methyl sites for hydroxylation is 1. The van der Waals surface area contributed by atoms with Gasteiger partial charge in [0.25, 0.3) is 0 Å². The summed E-state index contributed by atoms with van der Waals surface area (Å²) in [6.45, 7) is 4.64. The summed E-state index contributed by atoms with van der Waals surface area (Å²) in [6.07, 6.45) is 1.75. The van der Waals surface area contributed by atoms with Crippen LogP contribution in [0, 0.1) is 18.6 Å². The van der Waals surface area contributed by atoms with Gasteiger partial charge in [-0.1, -0.05) is 0 Å². The fourth-order valence-corrected chi connectivity index (χ4v) is 2.25. The standard InChI is InChI=1S/C12H14F2N4S/c1-3-15-11-8(13)4-9(14)12(18-11)17-6-10-16-5-7(2)19-10/h4-5H,3,6H2,1-2H3,(H2,15,17,18). The summed E-state index contributed by atoms with van der Waals surface area (Å²) in [6, 6.07) is 0.820. The lowest BCUT2D eigenvalue weighted by molar-refractivity contribution is 0.578. The van der Waals surface area contributed by atoms with Gasteiger partial charge in [-0.2, -0.15) is 0 Å². The predicted octanol–water partition coefficient (Wildman–Crippen LogP) is 3.17. The number of aromatic nitrogens is 2. The maximum Gasteiger partial charge on any atom is 0.168 e. The topological polar surface area (TPSA) is 49.8 Å². The van der Waals surface area contributed by atoms with E-state index in [-0.39, 0.29) is 11.6 Å². The van der Waals surface area contributed by atoms with Crippen LogP contribution in [-0.4, -0.2) is 16.5 Å². The van der Waals surface area contributed by atoms with Gasteiger partial charge in [-0.05, 0) is 13.8 Å². The maximum absolute atomic E-state index is 13.6. The number of anilines is 2. The number of rotatable bonds is 5. The molecule has 0 atom stereocenters. The third-order valence-corrected chi connectivity index (χ3v) is 3.26. The minimum Gasteiger partial charge on any atom is -0.368 e. The minimum atomic E-state index is -0.715. The van der Waals surface area contributed by atoms with E-state index in [0.717, 1.165) is 16.0 Å². The lowest BCUT2D eigenvalue weighted by Gasteiger charge is -2.09. The molecule has 0 spiro atoms. The van der Waals surface area contributed by atoms with Crippen molar-refractivity contribution in [3.63, 3.8) is 0 Å². The SMILES string of the molecule is CCNc1nc(NCc2ncc(C)s2)c(F)cc1F. The molecule has 0 aliphatic heterocycles. The normalized spacial score (nSPS) is 10.5. The van der Waals surface area contributed by atoms with Crippen molar-refractivity contribution in [2.45, 2.75) is 20.4 Å². The molecule has 0 bridgehead atoms. The molecule has 2 rings (SSSR count). The van der Waals surface area contributed by atoms with Crippen LogP contribution in [0.3, 0.4) is 0 Å². The second-order valence-corrected chi connectivity index (χ2v) is 5.22. The molecule has 2 N–H and O–H groups in total. The summed E-state index contributed by atoms with van der Waals surface area (Å²) in [7, 11) is 0. The molecule has 0 aliphatic carbocycles. The van der Waals surface area contributed by atoms with Crippen molar-refractivity contribution in [1.29, 1.82) is 0 Å². The Morgan fingerprint density at radius 2 is 1.89 bits per heavy atom. The zero-order chi connectivity index (χ0) is 13.8. The van der Waals surface area contributed by atoms with Gasteiger partial charge in [0, 0.05) is 23.7 Å². The zero-order valence-electron chi connectivity index (χ0n) is 10.6. The highest BCUT2D eigenvalue weighted by Gasteiger charge is 2.11. The second kappa shape index (κ2) is 5.92. The molecule has 102 valence electrons. The van der Waals surface area contributed by atoms with Crippen LogP contribution in [0.4, 0.5) is 20.4 Å². The van der Waals surface area contributed by atoms with Crippen LogP contribution in [0.5, 0.6) is 0 Å². The quantitative estimate of drug-likeness (QED) is 0.885. The van der Waals surface area contributed by atoms with Gasteiger partial charge in [0.1, 0.15) is 5.01 Å². The van der Waals surface area contributed by atoms with E-state index < -0.39 is 11.6 Å². The molecule has 2 heterocycles. The van der Waals surface area contributed by atoms with E-state index >= 15 is 0 Å². The van der Waals surface area contributed by atoms with Crippen LogP contribution in [-0.2, 0) is 6.54 Å². The van der Waals surface area contributed by atoms with Crippen LogP contribution < -0.4 is 10.6 Å². The molecule has 19 heavy (non-hydrogen) atoms. The average Bonchev–Trinajstić information content (AvgIpc) is 2.77. The highest BCUT2D eigenvalue weighted by atomic mass is 32.1. The second-order valence-electron chi connectivity index (χ2n) is 3.90. The molecule has 0 aliphatic rings. The lowest BCUT2D eigenvalue weighted by Crippen LogP contribution is -2.08. The highest BCUT2D eigenvalue weighted by molar-refractivity contribution is 7.11. The molecule has 7 heteroatoms. The molecular formula is C12H14F2N4S. The number of nitrogens with one attached hydrogen (secondary N) is 2. The number of pyridine rings is 1. The molecule has 2 aromatic rings. The zero-order valence-corrected chi connectivity index (χ0v) is 11.4. The van der Waals surface area contributed by atoms with E-state index in [1.165, 1.54) is 11.3 Å².